The second-order valence-corrected chi connectivity index (χ2v) is 5.98. The molecule has 0 aromatic heterocycles. The van der Waals surface area contributed by atoms with E-state index in [-0.39, 0.29) is 18.2 Å². The number of carbonyl (C=O) groups is 2. The number of Topliss-reactive ketones (excluding diaryl/α,β-unsaturated/α-hetero) is 1. The molecule has 0 amide bonds. The molecule has 0 saturated carbocycles. The van der Waals surface area contributed by atoms with Crippen LogP contribution in [0.25, 0.3) is 0 Å². The lowest BCUT2D eigenvalue weighted by molar-refractivity contribution is -0.143. The van der Waals surface area contributed by atoms with Crippen molar-refractivity contribution >= 4 is 11.8 Å². The van der Waals surface area contributed by atoms with E-state index >= 15 is 0 Å². The Morgan fingerprint density at radius 2 is 1.91 bits per heavy atom. The van der Waals surface area contributed by atoms with Crippen LogP contribution < -0.4 is 5.32 Å². The van der Waals surface area contributed by atoms with E-state index in [9.17, 15) is 9.59 Å². The van der Waals surface area contributed by atoms with Gasteiger partial charge in [-0.3, -0.25) is 9.59 Å². The van der Waals surface area contributed by atoms with Gasteiger partial charge in [0.05, 0.1) is 19.1 Å². The first-order chi connectivity index (χ1) is 10.8. The molecule has 0 saturated heterocycles. The highest BCUT2D eigenvalue weighted by molar-refractivity contribution is 6.02. The Hall–Kier alpha value is -1.72. The summed E-state index contributed by atoms with van der Waals surface area (Å²) < 4.78 is 4.99. The molecule has 0 fully saturated rings. The Kier molecular flexibility index (Phi) is 7.92. The zero-order valence-corrected chi connectivity index (χ0v) is 14.8. The van der Waals surface area contributed by atoms with Crippen LogP contribution in [0.15, 0.2) is 18.2 Å². The number of nitrogens with one attached hydrogen (secondary N) is 1. The zero-order valence-electron chi connectivity index (χ0n) is 14.8. The number of rotatable bonds is 9. The van der Waals surface area contributed by atoms with Gasteiger partial charge in [0.25, 0.3) is 0 Å². The zero-order chi connectivity index (χ0) is 17.4. The topological polar surface area (TPSA) is 58.6 Å². The average molecular weight is 320 g/mol. The normalized spacial score (nSPS) is 12.3. The highest BCUT2D eigenvalue weighted by Gasteiger charge is 2.23. The molecule has 5 heteroatoms. The van der Waals surface area contributed by atoms with Crippen molar-refractivity contribution in [2.75, 3.05) is 33.8 Å². The van der Waals surface area contributed by atoms with Crippen molar-refractivity contribution in [3.8, 4) is 0 Å². The Balaban J connectivity index is 2.84. The van der Waals surface area contributed by atoms with Gasteiger partial charge in [-0.2, -0.15) is 0 Å². The minimum atomic E-state index is -0.559. The van der Waals surface area contributed by atoms with E-state index in [2.05, 4.69) is 5.32 Å². The molecule has 0 radical (unpaired) electrons. The first-order valence-electron chi connectivity index (χ1n) is 8.00. The number of likely N-dealkylation sites (N-methyl/N-ethyl adjacent to an activating group) is 1. The number of ether oxygens (including phenoxy) is 1. The molecule has 0 spiro atoms. The molecule has 0 heterocycles. The van der Waals surface area contributed by atoms with Gasteiger partial charge in [0.15, 0.2) is 5.78 Å². The number of hydrogen-bond donors (Lipinski definition) is 1. The van der Waals surface area contributed by atoms with Crippen molar-refractivity contribution in [2.45, 2.75) is 33.2 Å². The highest BCUT2D eigenvalue weighted by Crippen LogP contribution is 2.13. The molecule has 23 heavy (non-hydrogen) atoms. The predicted molar refractivity (Wildman–Crippen MR) is 91.8 cm³/mol. The third kappa shape index (κ3) is 6.50. The van der Waals surface area contributed by atoms with Crippen molar-refractivity contribution in [1.82, 2.24) is 10.2 Å². The summed E-state index contributed by atoms with van der Waals surface area (Å²) in [5.41, 5.74) is 2.84. The molecular weight excluding hydrogens is 292 g/mol. The lowest BCUT2D eigenvalue weighted by Crippen LogP contribution is -2.42. The molecule has 1 unspecified atom stereocenters. The van der Waals surface area contributed by atoms with Gasteiger partial charge in [0, 0.05) is 18.7 Å². The summed E-state index contributed by atoms with van der Waals surface area (Å²) in [7, 11) is 3.93. The quantitative estimate of drug-likeness (QED) is 0.557. The van der Waals surface area contributed by atoms with E-state index in [4.69, 9.17) is 4.74 Å². The van der Waals surface area contributed by atoms with Crippen molar-refractivity contribution in [3.05, 3.63) is 34.9 Å². The van der Waals surface area contributed by atoms with Gasteiger partial charge in [-0.05, 0) is 52.1 Å². The van der Waals surface area contributed by atoms with Crippen LogP contribution in [0.5, 0.6) is 0 Å². The van der Waals surface area contributed by atoms with Crippen LogP contribution in [-0.2, 0) is 9.53 Å². The molecule has 1 rings (SSSR count). The lowest BCUT2D eigenvalue weighted by atomic mass is 9.98. The molecule has 128 valence electrons. The van der Waals surface area contributed by atoms with Gasteiger partial charge in [-0.1, -0.05) is 12.1 Å². The van der Waals surface area contributed by atoms with E-state index in [1.807, 2.05) is 51.0 Å². The van der Waals surface area contributed by atoms with Crippen molar-refractivity contribution < 1.29 is 14.3 Å². The number of ketones is 1. The Morgan fingerprint density at radius 3 is 2.48 bits per heavy atom. The van der Waals surface area contributed by atoms with E-state index in [1.54, 1.807) is 6.92 Å². The smallest absolute Gasteiger partial charge is 0.307 e. The maximum absolute atomic E-state index is 12.7. The van der Waals surface area contributed by atoms with Crippen molar-refractivity contribution in [3.63, 3.8) is 0 Å². The van der Waals surface area contributed by atoms with Crippen LogP contribution in [-0.4, -0.2) is 56.5 Å². The second kappa shape index (κ2) is 9.43. The molecule has 1 aromatic carbocycles. The minimum absolute atomic E-state index is 0.0486. The van der Waals surface area contributed by atoms with Crippen LogP contribution in [0.2, 0.25) is 0 Å². The third-order valence-electron chi connectivity index (χ3n) is 3.73. The summed E-state index contributed by atoms with van der Waals surface area (Å²) in [5.74, 6) is -0.424. The largest absolute Gasteiger partial charge is 0.466 e. The number of hydrogen-bond acceptors (Lipinski definition) is 5. The van der Waals surface area contributed by atoms with Gasteiger partial charge >= 0.3 is 5.97 Å². The minimum Gasteiger partial charge on any atom is -0.466 e. The van der Waals surface area contributed by atoms with Crippen molar-refractivity contribution in [1.29, 1.82) is 0 Å². The van der Waals surface area contributed by atoms with E-state index in [0.29, 0.717) is 18.7 Å². The average Bonchev–Trinajstić information content (AvgIpc) is 2.48. The fraction of sp³-hybridized carbons (Fsp3) is 0.556. The van der Waals surface area contributed by atoms with E-state index in [0.717, 1.165) is 17.7 Å². The van der Waals surface area contributed by atoms with Crippen LogP contribution in [0.3, 0.4) is 0 Å². The summed E-state index contributed by atoms with van der Waals surface area (Å²) in [5, 5.41) is 3.18. The van der Waals surface area contributed by atoms with Gasteiger partial charge in [0.2, 0.25) is 0 Å². The fourth-order valence-corrected chi connectivity index (χ4v) is 2.20. The second-order valence-electron chi connectivity index (χ2n) is 5.98. The number of aryl methyl sites for hydroxylation is 2. The Bertz CT molecular complexity index is 541. The molecule has 1 atom stereocenters. The summed E-state index contributed by atoms with van der Waals surface area (Å²) in [6.07, 6.45) is 0.0486. The first kappa shape index (κ1) is 19.3. The van der Waals surface area contributed by atoms with Gasteiger partial charge in [-0.15, -0.1) is 0 Å². The van der Waals surface area contributed by atoms with E-state index in [1.165, 1.54) is 0 Å². The summed E-state index contributed by atoms with van der Waals surface area (Å²) >= 11 is 0. The molecule has 1 aromatic rings. The number of benzene rings is 1. The summed E-state index contributed by atoms with van der Waals surface area (Å²) in [6.45, 7) is 7.49. The molecular formula is C18H28N2O3. The maximum Gasteiger partial charge on any atom is 0.307 e. The monoisotopic (exact) mass is 320 g/mol. The number of carbonyl (C=O) groups excluding carboxylic acids is 2. The highest BCUT2D eigenvalue weighted by atomic mass is 16.5. The number of esters is 1. The Labute approximate surface area is 139 Å². The molecule has 5 nitrogen and oxygen atoms in total. The van der Waals surface area contributed by atoms with Crippen molar-refractivity contribution in [2.24, 2.45) is 0 Å². The fourth-order valence-electron chi connectivity index (χ4n) is 2.20. The predicted octanol–water partition coefficient (Wildman–Crippen LogP) is 1.96. The maximum atomic E-state index is 12.7. The van der Waals surface area contributed by atoms with Crippen LogP contribution >= 0.6 is 0 Å². The molecule has 0 bridgehead atoms. The van der Waals surface area contributed by atoms with Gasteiger partial charge < -0.3 is 15.0 Å². The Morgan fingerprint density at radius 1 is 1.22 bits per heavy atom. The first-order valence-corrected chi connectivity index (χ1v) is 8.00. The molecule has 0 aliphatic heterocycles. The summed E-state index contributed by atoms with van der Waals surface area (Å²) in [4.78, 5) is 26.5. The lowest BCUT2D eigenvalue weighted by Gasteiger charge is -2.19. The standard InChI is InChI=1S/C18H28N2O3/c1-6-23-17(21)12-16(19-9-10-20(4)5)18(22)15-8-7-13(2)14(3)11-15/h7-8,11,16,19H,6,9-10,12H2,1-5H3. The van der Waals surface area contributed by atoms with Crippen LogP contribution in [0.4, 0.5) is 0 Å². The number of nitrogens with zero attached hydrogens (tertiary/aromatic N) is 1. The van der Waals surface area contributed by atoms with Gasteiger partial charge in [-0.25, -0.2) is 0 Å². The summed E-state index contributed by atoms with van der Waals surface area (Å²) in [6, 6.07) is 5.07. The van der Waals surface area contributed by atoms with Crippen LogP contribution in [0.1, 0.15) is 34.8 Å². The molecule has 1 N–H and O–H groups in total. The SMILES string of the molecule is CCOC(=O)CC(NCCN(C)C)C(=O)c1ccc(C)c(C)c1. The molecule has 0 aliphatic rings. The van der Waals surface area contributed by atoms with E-state index < -0.39 is 6.04 Å². The van der Waals surface area contributed by atoms with Crippen LogP contribution in [0, 0.1) is 13.8 Å². The molecule has 0 aliphatic carbocycles. The van der Waals surface area contributed by atoms with Gasteiger partial charge in [0.1, 0.15) is 0 Å². The third-order valence-corrected chi connectivity index (χ3v) is 3.73.